The highest BCUT2D eigenvalue weighted by atomic mass is 19.1. The van der Waals surface area contributed by atoms with Crippen LogP contribution in [0.25, 0.3) is 17.3 Å². The molecule has 3 aromatic carbocycles. The highest BCUT2D eigenvalue weighted by Crippen LogP contribution is 2.33. The predicted molar refractivity (Wildman–Crippen MR) is 180 cm³/mol. The summed E-state index contributed by atoms with van der Waals surface area (Å²) in [5, 5.41) is 2.90. The molecule has 0 atom stereocenters. The molecule has 1 aliphatic heterocycles. The number of aromatic nitrogens is 2. The van der Waals surface area contributed by atoms with Crippen molar-refractivity contribution in [3.05, 3.63) is 131 Å². The lowest BCUT2D eigenvalue weighted by molar-refractivity contribution is -0.111. The fourth-order valence-electron chi connectivity index (χ4n) is 5.49. The number of carbonyl (C=O) groups is 1. The van der Waals surface area contributed by atoms with Crippen LogP contribution in [-0.4, -0.2) is 48.1 Å². The van der Waals surface area contributed by atoms with Gasteiger partial charge >= 0.3 is 0 Å². The van der Waals surface area contributed by atoms with Gasteiger partial charge < -0.3 is 19.5 Å². The molecule has 47 heavy (non-hydrogen) atoms. The third-order valence-corrected chi connectivity index (χ3v) is 8.03. The Morgan fingerprint density at radius 1 is 0.936 bits per heavy atom. The number of halogens is 1. The zero-order valence-corrected chi connectivity index (χ0v) is 26.3. The van der Waals surface area contributed by atoms with Crippen LogP contribution >= 0.6 is 0 Å². The summed E-state index contributed by atoms with van der Waals surface area (Å²) in [6.07, 6.45) is 8.22. The number of pyridine rings is 2. The van der Waals surface area contributed by atoms with Gasteiger partial charge in [0.05, 0.1) is 19.9 Å². The highest BCUT2D eigenvalue weighted by molar-refractivity contribution is 6.01. The second kappa shape index (κ2) is 14.7. The van der Waals surface area contributed by atoms with Gasteiger partial charge in [-0.3, -0.25) is 14.7 Å². The first-order valence-corrected chi connectivity index (χ1v) is 15.4. The number of anilines is 1. The van der Waals surface area contributed by atoms with Crippen LogP contribution in [-0.2, 0) is 24.2 Å². The van der Waals surface area contributed by atoms with Gasteiger partial charge in [0.25, 0.3) is 0 Å². The average Bonchev–Trinajstić information content (AvgIpc) is 3.10. The van der Waals surface area contributed by atoms with Crippen molar-refractivity contribution in [2.45, 2.75) is 19.4 Å². The maximum atomic E-state index is 14.6. The van der Waals surface area contributed by atoms with E-state index in [0.717, 1.165) is 55.2 Å². The van der Waals surface area contributed by atoms with Crippen LogP contribution in [0.3, 0.4) is 0 Å². The van der Waals surface area contributed by atoms with Crippen molar-refractivity contribution in [2.75, 3.05) is 32.6 Å². The molecule has 0 saturated heterocycles. The molecule has 9 heteroatoms. The molecule has 238 valence electrons. The van der Waals surface area contributed by atoms with Gasteiger partial charge in [-0.15, -0.1) is 0 Å². The van der Waals surface area contributed by atoms with Crippen molar-refractivity contribution in [1.82, 2.24) is 14.9 Å². The molecule has 0 radical (unpaired) electrons. The SMILES string of the molecule is COc1cc2c(cc1OC)CN(CCc1ccc(NC(=O)/C=C/c3ccc(Oc4ccc(-c5ccccn5)c(F)c4)nc3)cc1)CC2. The number of methoxy groups -OCH3 is 2. The number of benzene rings is 3. The first-order valence-electron chi connectivity index (χ1n) is 15.4. The van der Waals surface area contributed by atoms with E-state index in [1.807, 2.05) is 24.3 Å². The van der Waals surface area contributed by atoms with Crippen LogP contribution in [0.2, 0.25) is 0 Å². The first kappa shape index (κ1) is 31.4. The molecule has 5 aromatic rings. The van der Waals surface area contributed by atoms with E-state index in [4.69, 9.17) is 14.2 Å². The summed E-state index contributed by atoms with van der Waals surface area (Å²) in [6, 6.07) is 25.5. The zero-order valence-electron chi connectivity index (χ0n) is 26.3. The van der Waals surface area contributed by atoms with E-state index < -0.39 is 5.82 Å². The van der Waals surface area contributed by atoms with E-state index in [9.17, 15) is 9.18 Å². The van der Waals surface area contributed by atoms with Gasteiger partial charge in [-0.2, -0.15) is 0 Å². The molecule has 3 heterocycles. The Bertz CT molecular complexity index is 1860. The number of hydrogen-bond donors (Lipinski definition) is 1. The van der Waals surface area contributed by atoms with E-state index in [-0.39, 0.29) is 5.91 Å². The maximum absolute atomic E-state index is 14.6. The smallest absolute Gasteiger partial charge is 0.248 e. The molecule has 0 saturated carbocycles. The molecule has 0 fully saturated rings. The Hall–Kier alpha value is -5.54. The molecule has 0 bridgehead atoms. The van der Waals surface area contributed by atoms with Gasteiger partial charge in [-0.05, 0) is 95.8 Å². The largest absolute Gasteiger partial charge is 0.493 e. The lowest BCUT2D eigenvalue weighted by atomic mass is 9.98. The minimum atomic E-state index is -0.436. The standard InChI is InChI=1S/C38H35FN4O4/c1-45-35-21-28-17-20-43(25-29(28)22-36(35)46-2)19-16-26-6-10-30(11-7-26)42-37(44)14-8-27-9-15-38(41-24-27)47-31-12-13-32(33(39)23-31)34-5-3-4-18-40-34/h3-15,18,21-24H,16-17,19-20,25H2,1-2H3,(H,42,44)/b14-8+. The average molecular weight is 631 g/mol. The van der Waals surface area contributed by atoms with Crippen molar-refractivity contribution < 1.29 is 23.4 Å². The Morgan fingerprint density at radius 2 is 1.74 bits per heavy atom. The number of amides is 1. The lowest BCUT2D eigenvalue weighted by Gasteiger charge is -2.29. The number of hydrogen-bond acceptors (Lipinski definition) is 7. The summed E-state index contributed by atoms with van der Waals surface area (Å²) in [5.41, 5.74) is 6.18. The monoisotopic (exact) mass is 630 g/mol. The van der Waals surface area contributed by atoms with Gasteiger partial charge in [-0.25, -0.2) is 9.37 Å². The van der Waals surface area contributed by atoms with Gasteiger partial charge in [0.1, 0.15) is 11.6 Å². The summed E-state index contributed by atoms with van der Waals surface area (Å²) in [5.74, 6) is 1.48. The quantitative estimate of drug-likeness (QED) is 0.153. The second-order valence-electron chi connectivity index (χ2n) is 11.2. The van der Waals surface area contributed by atoms with Crippen LogP contribution in [0.4, 0.5) is 10.1 Å². The molecule has 0 unspecified atom stereocenters. The van der Waals surface area contributed by atoms with Crippen LogP contribution in [0.1, 0.15) is 22.3 Å². The summed E-state index contributed by atoms with van der Waals surface area (Å²) in [6.45, 7) is 2.81. The van der Waals surface area contributed by atoms with Crippen LogP contribution < -0.4 is 19.5 Å². The molecule has 1 aliphatic rings. The Morgan fingerprint density at radius 3 is 2.45 bits per heavy atom. The third kappa shape index (κ3) is 8.01. The second-order valence-corrected chi connectivity index (χ2v) is 11.2. The summed E-state index contributed by atoms with van der Waals surface area (Å²) in [4.78, 5) is 23.5. The molecular formula is C38H35FN4O4. The molecule has 1 amide bonds. The molecule has 2 aromatic heterocycles. The van der Waals surface area contributed by atoms with Crippen molar-refractivity contribution in [2.24, 2.45) is 0 Å². The van der Waals surface area contributed by atoms with Gasteiger partial charge in [-0.1, -0.05) is 18.2 Å². The van der Waals surface area contributed by atoms with E-state index in [1.54, 1.807) is 75.2 Å². The van der Waals surface area contributed by atoms with Gasteiger partial charge in [0.2, 0.25) is 11.8 Å². The molecular weight excluding hydrogens is 595 g/mol. The van der Waals surface area contributed by atoms with Gasteiger partial charge in [0, 0.05) is 61.5 Å². The maximum Gasteiger partial charge on any atom is 0.248 e. The van der Waals surface area contributed by atoms with E-state index in [2.05, 4.69) is 32.3 Å². The normalized spacial score (nSPS) is 12.8. The summed E-state index contributed by atoms with van der Waals surface area (Å²) < 4.78 is 31.3. The van der Waals surface area contributed by atoms with Crippen LogP contribution in [0, 0.1) is 5.82 Å². The fourth-order valence-corrected chi connectivity index (χ4v) is 5.49. The summed E-state index contributed by atoms with van der Waals surface area (Å²) in [7, 11) is 3.33. The minimum Gasteiger partial charge on any atom is -0.493 e. The topological polar surface area (TPSA) is 85.8 Å². The van der Waals surface area contributed by atoms with E-state index >= 15 is 0 Å². The first-order chi connectivity index (χ1) is 23.0. The molecule has 0 spiro atoms. The molecule has 1 N–H and O–H groups in total. The van der Waals surface area contributed by atoms with Gasteiger partial charge in [0.15, 0.2) is 11.5 Å². The fraction of sp³-hybridized carbons (Fsp3) is 0.184. The number of nitrogens with one attached hydrogen (secondary N) is 1. The van der Waals surface area contributed by atoms with E-state index in [1.165, 1.54) is 28.8 Å². The number of fused-ring (bicyclic) bond motifs is 1. The number of ether oxygens (including phenoxy) is 3. The zero-order chi connectivity index (χ0) is 32.6. The Kier molecular flexibility index (Phi) is 9.84. The third-order valence-electron chi connectivity index (χ3n) is 8.03. The van der Waals surface area contributed by atoms with E-state index in [0.29, 0.717) is 22.9 Å². The summed E-state index contributed by atoms with van der Waals surface area (Å²) >= 11 is 0. The number of carbonyl (C=O) groups excluding carboxylic acids is 1. The molecule has 6 rings (SSSR count). The van der Waals surface area contributed by atoms with Crippen molar-refractivity contribution >= 4 is 17.7 Å². The lowest BCUT2D eigenvalue weighted by Crippen LogP contribution is -2.32. The number of nitrogens with zero attached hydrogens (tertiary/aromatic N) is 3. The Labute approximate surface area is 273 Å². The highest BCUT2D eigenvalue weighted by Gasteiger charge is 2.19. The number of rotatable bonds is 11. The van der Waals surface area contributed by atoms with Crippen LogP contribution in [0.5, 0.6) is 23.1 Å². The Balaban J connectivity index is 0.965. The van der Waals surface area contributed by atoms with Crippen molar-refractivity contribution in [3.8, 4) is 34.4 Å². The predicted octanol–water partition coefficient (Wildman–Crippen LogP) is 7.34. The van der Waals surface area contributed by atoms with Crippen LogP contribution in [0.15, 0.2) is 103 Å². The molecule has 8 nitrogen and oxygen atoms in total. The molecule has 0 aliphatic carbocycles. The minimum absolute atomic E-state index is 0.249. The van der Waals surface area contributed by atoms with Crippen molar-refractivity contribution in [1.29, 1.82) is 0 Å². The van der Waals surface area contributed by atoms with Crippen molar-refractivity contribution in [3.63, 3.8) is 0 Å².